The standard InChI is InChI=1S/C18H17F4N3O2/c19-13-1-5-15(6-2-13)24-9-11-25(12-10-24)17(26)23-14-3-7-16(8-4-14)27-18(20,21)22/h1-8H,9-12H2,(H,23,26). The van der Waals surface area contributed by atoms with Gasteiger partial charge < -0.3 is 19.9 Å². The zero-order valence-corrected chi connectivity index (χ0v) is 14.2. The predicted octanol–water partition coefficient (Wildman–Crippen LogP) is 4.08. The van der Waals surface area contributed by atoms with Crippen LogP contribution in [0, 0.1) is 5.82 Å². The van der Waals surface area contributed by atoms with Crippen molar-refractivity contribution < 1.29 is 27.1 Å². The molecule has 2 aromatic rings. The van der Waals surface area contributed by atoms with Gasteiger partial charge in [-0.25, -0.2) is 9.18 Å². The highest BCUT2D eigenvalue weighted by Gasteiger charge is 2.31. The van der Waals surface area contributed by atoms with Crippen molar-refractivity contribution in [2.45, 2.75) is 6.36 Å². The topological polar surface area (TPSA) is 44.8 Å². The van der Waals surface area contributed by atoms with Gasteiger partial charge in [-0.15, -0.1) is 13.2 Å². The molecule has 1 saturated heterocycles. The molecule has 0 bridgehead atoms. The Hall–Kier alpha value is -2.97. The molecule has 144 valence electrons. The fourth-order valence-corrected chi connectivity index (χ4v) is 2.76. The van der Waals surface area contributed by atoms with Crippen LogP contribution in [0.1, 0.15) is 0 Å². The van der Waals surface area contributed by atoms with Crippen molar-refractivity contribution >= 4 is 17.4 Å². The number of urea groups is 1. The monoisotopic (exact) mass is 383 g/mol. The molecular weight excluding hydrogens is 366 g/mol. The number of anilines is 2. The van der Waals surface area contributed by atoms with E-state index in [1.165, 1.54) is 24.3 Å². The number of benzene rings is 2. The van der Waals surface area contributed by atoms with E-state index < -0.39 is 6.36 Å². The molecule has 27 heavy (non-hydrogen) atoms. The largest absolute Gasteiger partial charge is 0.573 e. The molecule has 1 aliphatic heterocycles. The van der Waals surface area contributed by atoms with Crippen LogP contribution in [0.25, 0.3) is 0 Å². The van der Waals surface area contributed by atoms with Gasteiger partial charge in [0.15, 0.2) is 0 Å². The van der Waals surface area contributed by atoms with Crippen molar-refractivity contribution in [2.24, 2.45) is 0 Å². The zero-order valence-electron chi connectivity index (χ0n) is 14.2. The van der Waals surface area contributed by atoms with Gasteiger partial charge in [0.1, 0.15) is 11.6 Å². The van der Waals surface area contributed by atoms with Crippen molar-refractivity contribution in [2.75, 3.05) is 36.4 Å². The number of piperazine rings is 1. The Morgan fingerprint density at radius 2 is 1.52 bits per heavy atom. The number of rotatable bonds is 3. The molecule has 1 aliphatic rings. The van der Waals surface area contributed by atoms with E-state index in [1.807, 2.05) is 4.90 Å². The van der Waals surface area contributed by atoms with E-state index in [4.69, 9.17) is 0 Å². The van der Waals surface area contributed by atoms with Crippen LogP contribution in [0.5, 0.6) is 5.75 Å². The van der Waals surface area contributed by atoms with Gasteiger partial charge in [0.25, 0.3) is 0 Å². The van der Waals surface area contributed by atoms with Crippen molar-refractivity contribution in [3.63, 3.8) is 0 Å². The van der Waals surface area contributed by atoms with Crippen molar-refractivity contribution in [3.05, 3.63) is 54.3 Å². The van der Waals surface area contributed by atoms with Crippen molar-refractivity contribution in [3.8, 4) is 5.75 Å². The first-order chi connectivity index (χ1) is 12.8. The van der Waals surface area contributed by atoms with Gasteiger partial charge in [0.2, 0.25) is 0 Å². The van der Waals surface area contributed by atoms with Gasteiger partial charge in [0, 0.05) is 37.6 Å². The number of nitrogens with zero attached hydrogens (tertiary/aromatic N) is 2. The lowest BCUT2D eigenvalue weighted by molar-refractivity contribution is -0.274. The van der Waals surface area contributed by atoms with Gasteiger partial charge in [0.05, 0.1) is 0 Å². The molecule has 1 heterocycles. The number of carbonyl (C=O) groups excluding carboxylic acids is 1. The van der Waals surface area contributed by atoms with Crippen LogP contribution in [-0.2, 0) is 0 Å². The summed E-state index contributed by atoms with van der Waals surface area (Å²) in [6.07, 6.45) is -4.75. The average Bonchev–Trinajstić information content (AvgIpc) is 2.63. The highest BCUT2D eigenvalue weighted by Crippen LogP contribution is 2.24. The third kappa shape index (κ3) is 5.25. The van der Waals surface area contributed by atoms with E-state index in [-0.39, 0.29) is 17.6 Å². The van der Waals surface area contributed by atoms with Gasteiger partial charge in [-0.05, 0) is 48.5 Å². The number of nitrogens with one attached hydrogen (secondary N) is 1. The van der Waals surface area contributed by atoms with Crippen molar-refractivity contribution in [1.82, 2.24) is 4.90 Å². The van der Waals surface area contributed by atoms with E-state index in [1.54, 1.807) is 17.0 Å². The van der Waals surface area contributed by atoms with Crippen LogP contribution < -0.4 is 15.0 Å². The Bertz CT molecular complexity index is 771. The summed E-state index contributed by atoms with van der Waals surface area (Å²) in [7, 11) is 0. The minimum absolute atomic E-state index is 0.302. The van der Waals surface area contributed by atoms with Crippen molar-refractivity contribution in [1.29, 1.82) is 0 Å². The molecule has 5 nitrogen and oxygen atoms in total. The Balaban J connectivity index is 1.51. The molecule has 3 rings (SSSR count). The number of hydrogen-bond donors (Lipinski definition) is 1. The van der Waals surface area contributed by atoms with Gasteiger partial charge in [-0.3, -0.25) is 0 Å². The third-order valence-electron chi connectivity index (χ3n) is 4.10. The second-order valence-electron chi connectivity index (χ2n) is 5.95. The predicted molar refractivity (Wildman–Crippen MR) is 92.3 cm³/mol. The quantitative estimate of drug-likeness (QED) is 0.813. The summed E-state index contributed by atoms with van der Waals surface area (Å²) in [6, 6.07) is 10.8. The van der Waals surface area contributed by atoms with Crippen LogP contribution in [0.15, 0.2) is 48.5 Å². The zero-order chi connectivity index (χ0) is 19.4. The van der Waals surface area contributed by atoms with Crippen LogP contribution in [-0.4, -0.2) is 43.5 Å². The second-order valence-corrected chi connectivity index (χ2v) is 5.95. The molecule has 0 saturated carbocycles. The summed E-state index contributed by atoms with van der Waals surface area (Å²) < 4.78 is 53.2. The summed E-state index contributed by atoms with van der Waals surface area (Å²) in [5.74, 6) is -0.656. The summed E-state index contributed by atoms with van der Waals surface area (Å²) in [5, 5.41) is 2.65. The molecule has 0 spiro atoms. The molecule has 0 atom stereocenters. The molecule has 1 fully saturated rings. The molecule has 1 N–H and O–H groups in total. The van der Waals surface area contributed by atoms with Crippen LogP contribution >= 0.6 is 0 Å². The van der Waals surface area contributed by atoms with Crippen LogP contribution in [0.4, 0.5) is 33.7 Å². The first-order valence-electron chi connectivity index (χ1n) is 8.22. The third-order valence-corrected chi connectivity index (χ3v) is 4.10. The first kappa shape index (κ1) is 18.8. The molecule has 2 amide bonds. The van der Waals surface area contributed by atoms with E-state index in [2.05, 4.69) is 10.1 Å². The van der Waals surface area contributed by atoms with Gasteiger partial charge in [-0.1, -0.05) is 0 Å². The molecule has 0 aromatic heterocycles. The fourth-order valence-electron chi connectivity index (χ4n) is 2.76. The number of amides is 2. The maximum Gasteiger partial charge on any atom is 0.573 e. The molecule has 2 aromatic carbocycles. The summed E-state index contributed by atoms with van der Waals surface area (Å²) in [4.78, 5) is 16.0. The van der Waals surface area contributed by atoms with Crippen LogP contribution in [0.2, 0.25) is 0 Å². The van der Waals surface area contributed by atoms with E-state index in [9.17, 15) is 22.4 Å². The molecule has 9 heteroatoms. The number of carbonyl (C=O) groups is 1. The number of halogens is 4. The lowest BCUT2D eigenvalue weighted by atomic mass is 10.2. The maximum absolute atomic E-state index is 13.0. The number of ether oxygens (including phenoxy) is 1. The minimum atomic E-state index is -4.75. The van der Waals surface area contributed by atoms with E-state index in [0.29, 0.717) is 31.9 Å². The number of hydrogen-bond acceptors (Lipinski definition) is 3. The van der Waals surface area contributed by atoms with Crippen LogP contribution in [0.3, 0.4) is 0 Å². The number of alkyl halides is 3. The molecule has 0 aliphatic carbocycles. The minimum Gasteiger partial charge on any atom is -0.406 e. The van der Waals surface area contributed by atoms with Gasteiger partial charge in [-0.2, -0.15) is 0 Å². The van der Waals surface area contributed by atoms with E-state index >= 15 is 0 Å². The normalized spacial score (nSPS) is 14.8. The highest BCUT2D eigenvalue weighted by molar-refractivity contribution is 5.89. The summed E-state index contributed by atoms with van der Waals surface area (Å²) in [6.45, 7) is 2.13. The molecule has 0 unspecified atom stereocenters. The summed E-state index contributed by atoms with van der Waals surface area (Å²) >= 11 is 0. The molecular formula is C18H17F4N3O2. The molecule has 0 radical (unpaired) electrons. The Morgan fingerprint density at radius 3 is 2.07 bits per heavy atom. The van der Waals surface area contributed by atoms with Gasteiger partial charge >= 0.3 is 12.4 Å². The fraction of sp³-hybridized carbons (Fsp3) is 0.278. The Morgan fingerprint density at radius 1 is 0.926 bits per heavy atom. The Labute approximate surface area is 153 Å². The first-order valence-corrected chi connectivity index (χ1v) is 8.22. The van der Waals surface area contributed by atoms with E-state index in [0.717, 1.165) is 17.8 Å². The highest BCUT2D eigenvalue weighted by atomic mass is 19.4. The smallest absolute Gasteiger partial charge is 0.406 e. The summed E-state index contributed by atoms with van der Waals surface area (Å²) in [5.41, 5.74) is 1.26. The average molecular weight is 383 g/mol. The second kappa shape index (κ2) is 7.73. The lowest BCUT2D eigenvalue weighted by Crippen LogP contribution is -2.50. The SMILES string of the molecule is O=C(Nc1ccc(OC(F)(F)F)cc1)N1CCN(c2ccc(F)cc2)CC1. The lowest BCUT2D eigenvalue weighted by Gasteiger charge is -2.36. The maximum atomic E-state index is 13.0. The Kier molecular flexibility index (Phi) is 5.38.